The highest BCUT2D eigenvalue weighted by Crippen LogP contribution is 2.22. The second kappa shape index (κ2) is 2.96. The smallest absolute Gasteiger partial charge is 0.305 e. The van der Waals surface area contributed by atoms with E-state index in [4.69, 9.17) is 0 Å². The molecule has 0 amide bonds. The molecule has 1 N–H and O–H groups in total. The Morgan fingerprint density at radius 1 is 1.46 bits per heavy atom. The van der Waals surface area contributed by atoms with Gasteiger partial charge in [-0.3, -0.25) is 0 Å². The molecule has 0 aliphatic heterocycles. The molecule has 4 heteroatoms. The molecule has 0 aliphatic rings. The zero-order valence-electron chi connectivity index (χ0n) is 6.97. The molecular formula is C9H7BrN2O. The summed E-state index contributed by atoms with van der Waals surface area (Å²) in [5.74, 6) is 0. The highest BCUT2D eigenvalue weighted by molar-refractivity contribution is 9.10. The van der Waals surface area contributed by atoms with E-state index in [1.54, 1.807) is 6.20 Å². The lowest BCUT2D eigenvalue weighted by atomic mass is 10.1. The van der Waals surface area contributed by atoms with Gasteiger partial charge in [-0.2, -0.15) is 0 Å². The monoisotopic (exact) mass is 238 g/mol. The van der Waals surface area contributed by atoms with E-state index < -0.39 is 0 Å². The van der Waals surface area contributed by atoms with Crippen LogP contribution in [0.25, 0.3) is 10.9 Å². The number of fused-ring (bicyclic) bond motifs is 1. The van der Waals surface area contributed by atoms with Crippen molar-refractivity contribution in [2.75, 3.05) is 0 Å². The standard InChI is InChI=1S/C9H7BrN2O/c1-5-6-4-11-9(13)12-8(6)3-2-7(5)10/h2-4H,1H3,(H,11,12,13). The Morgan fingerprint density at radius 2 is 2.23 bits per heavy atom. The Labute approximate surface area is 82.9 Å². The van der Waals surface area contributed by atoms with Gasteiger partial charge in [0.15, 0.2) is 0 Å². The summed E-state index contributed by atoms with van der Waals surface area (Å²) in [5, 5.41) is 0.967. The predicted octanol–water partition coefficient (Wildman–Crippen LogP) is 1.99. The quantitative estimate of drug-likeness (QED) is 0.764. The lowest BCUT2D eigenvalue weighted by Crippen LogP contribution is -2.08. The predicted molar refractivity (Wildman–Crippen MR) is 54.8 cm³/mol. The second-order valence-electron chi connectivity index (χ2n) is 2.82. The topological polar surface area (TPSA) is 45.8 Å². The fourth-order valence-electron chi connectivity index (χ4n) is 1.25. The SMILES string of the molecule is Cc1c(Br)ccc2[nH]c(=O)ncc12. The minimum Gasteiger partial charge on any atom is -0.305 e. The molecular weight excluding hydrogens is 232 g/mol. The van der Waals surface area contributed by atoms with Crippen molar-refractivity contribution in [3.8, 4) is 0 Å². The zero-order chi connectivity index (χ0) is 9.42. The van der Waals surface area contributed by atoms with Crippen molar-refractivity contribution in [1.82, 2.24) is 9.97 Å². The van der Waals surface area contributed by atoms with Gasteiger partial charge in [0.25, 0.3) is 0 Å². The summed E-state index contributed by atoms with van der Waals surface area (Å²) in [7, 11) is 0. The first-order chi connectivity index (χ1) is 6.18. The highest BCUT2D eigenvalue weighted by atomic mass is 79.9. The molecule has 13 heavy (non-hydrogen) atoms. The molecule has 0 radical (unpaired) electrons. The van der Waals surface area contributed by atoms with Crippen LogP contribution < -0.4 is 5.69 Å². The number of rotatable bonds is 0. The highest BCUT2D eigenvalue weighted by Gasteiger charge is 2.01. The van der Waals surface area contributed by atoms with Crippen LogP contribution in [0, 0.1) is 6.92 Å². The van der Waals surface area contributed by atoms with Crippen molar-refractivity contribution >= 4 is 26.8 Å². The fourth-order valence-corrected chi connectivity index (χ4v) is 1.59. The Hall–Kier alpha value is -1.16. The number of halogens is 1. The second-order valence-corrected chi connectivity index (χ2v) is 3.68. The van der Waals surface area contributed by atoms with Crippen LogP contribution in [0.15, 0.2) is 27.6 Å². The number of nitrogens with one attached hydrogen (secondary N) is 1. The first kappa shape index (κ1) is 8.44. The summed E-state index contributed by atoms with van der Waals surface area (Å²) in [5.41, 5.74) is 1.59. The van der Waals surface area contributed by atoms with Crippen LogP contribution in [0.2, 0.25) is 0 Å². The molecule has 2 rings (SSSR count). The molecule has 66 valence electrons. The van der Waals surface area contributed by atoms with Crippen molar-refractivity contribution in [3.05, 3.63) is 38.9 Å². The Bertz CT molecular complexity index is 518. The molecule has 1 aromatic heterocycles. The van der Waals surface area contributed by atoms with Gasteiger partial charge in [-0.25, -0.2) is 9.78 Å². The molecule has 0 spiro atoms. The summed E-state index contributed by atoms with van der Waals surface area (Å²) in [6.45, 7) is 1.98. The van der Waals surface area contributed by atoms with Crippen LogP contribution in [0.4, 0.5) is 0 Å². The van der Waals surface area contributed by atoms with Crippen LogP contribution >= 0.6 is 15.9 Å². The molecule has 2 aromatic rings. The van der Waals surface area contributed by atoms with Crippen molar-refractivity contribution in [1.29, 1.82) is 0 Å². The Morgan fingerprint density at radius 3 is 3.00 bits per heavy atom. The lowest BCUT2D eigenvalue weighted by molar-refractivity contribution is 1.12. The number of hydrogen-bond donors (Lipinski definition) is 1. The summed E-state index contributed by atoms with van der Waals surface area (Å²) in [4.78, 5) is 17.2. The number of H-pyrrole nitrogens is 1. The third-order valence-electron chi connectivity index (χ3n) is 2.00. The van der Waals surface area contributed by atoms with E-state index in [0.29, 0.717) is 0 Å². The van der Waals surface area contributed by atoms with E-state index in [1.807, 2.05) is 19.1 Å². The number of benzene rings is 1. The van der Waals surface area contributed by atoms with E-state index in [2.05, 4.69) is 25.9 Å². The fraction of sp³-hybridized carbons (Fsp3) is 0.111. The lowest BCUT2D eigenvalue weighted by Gasteiger charge is -2.02. The molecule has 0 fully saturated rings. The van der Waals surface area contributed by atoms with Gasteiger partial charge >= 0.3 is 5.69 Å². The number of aromatic nitrogens is 2. The maximum Gasteiger partial charge on any atom is 0.345 e. The van der Waals surface area contributed by atoms with Gasteiger partial charge in [0.1, 0.15) is 0 Å². The van der Waals surface area contributed by atoms with Crippen LogP contribution in [-0.4, -0.2) is 9.97 Å². The van der Waals surface area contributed by atoms with E-state index in [1.165, 1.54) is 0 Å². The zero-order valence-corrected chi connectivity index (χ0v) is 8.55. The van der Waals surface area contributed by atoms with Gasteiger partial charge in [-0.1, -0.05) is 15.9 Å². The Kier molecular flexibility index (Phi) is 1.92. The third kappa shape index (κ3) is 1.37. The number of aromatic amines is 1. The van der Waals surface area contributed by atoms with Crippen LogP contribution in [0.5, 0.6) is 0 Å². The normalized spacial score (nSPS) is 10.6. The summed E-state index contributed by atoms with van der Waals surface area (Å²) in [6, 6.07) is 3.77. The maximum absolute atomic E-state index is 10.9. The van der Waals surface area contributed by atoms with Crippen LogP contribution in [0.1, 0.15) is 5.56 Å². The summed E-state index contributed by atoms with van der Waals surface area (Å²) in [6.07, 6.45) is 1.59. The van der Waals surface area contributed by atoms with Gasteiger partial charge in [0, 0.05) is 16.1 Å². The molecule has 1 heterocycles. The van der Waals surface area contributed by atoms with Gasteiger partial charge in [-0.15, -0.1) is 0 Å². The van der Waals surface area contributed by atoms with Crippen molar-refractivity contribution in [2.24, 2.45) is 0 Å². The average Bonchev–Trinajstić information content (AvgIpc) is 2.12. The Balaban J connectivity index is 2.95. The summed E-state index contributed by atoms with van der Waals surface area (Å²) < 4.78 is 1.02. The minimum absolute atomic E-state index is 0.311. The van der Waals surface area contributed by atoms with E-state index in [-0.39, 0.29) is 5.69 Å². The molecule has 3 nitrogen and oxygen atoms in total. The molecule has 0 bridgehead atoms. The van der Waals surface area contributed by atoms with Gasteiger partial charge in [0.05, 0.1) is 5.52 Å². The van der Waals surface area contributed by atoms with Gasteiger partial charge in [0.2, 0.25) is 0 Å². The minimum atomic E-state index is -0.311. The maximum atomic E-state index is 10.9. The van der Waals surface area contributed by atoms with E-state index in [0.717, 1.165) is 20.9 Å². The van der Waals surface area contributed by atoms with Gasteiger partial charge in [-0.05, 0) is 24.6 Å². The molecule has 0 saturated carbocycles. The first-order valence-corrected chi connectivity index (χ1v) is 4.62. The molecule has 1 aromatic carbocycles. The van der Waals surface area contributed by atoms with Crippen LogP contribution in [-0.2, 0) is 0 Å². The van der Waals surface area contributed by atoms with Crippen LogP contribution in [0.3, 0.4) is 0 Å². The third-order valence-corrected chi connectivity index (χ3v) is 2.86. The molecule has 0 aliphatic carbocycles. The van der Waals surface area contributed by atoms with Crippen molar-refractivity contribution in [2.45, 2.75) is 6.92 Å². The van der Waals surface area contributed by atoms with E-state index in [9.17, 15) is 4.79 Å². The van der Waals surface area contributed by atoms with Gasteiger partial charge < -0.3 is 4.98 Å². The number of nitrogens with zero attached hydrogens (tertiary/aromatic N) is 1. The first-order valence-electron chi connectivity index (χ1n) is 3.82. The number of hydrogen-bond acceptors (Lipinski definition) is 2. The van der Waals surface area contributed by atoms with E-state index >= 15 is 0 Å². The molecule has 0 unspecified atom stereocenters. The average molecular weight is 239 g/mol. The molecule has 0 saturated heterocycles. The summed E-state index contributed by atoms with van der Waals surface area (Å²) >= 11 is 3.42. The van der Waals surface area contributed by atoms with Crippen molar-refractivity contribution in [3.63, 3.8) is 0 Å². The largest absolute Gasteiger partial charge is 0.345 e. The molecule has 0 atom stereocenters. The number of aryl methyl sites for hydroxylation is 1. The van der Waals surface area contributed by atoms with Crippen molar-refractivity contribution < 1.29 is 0 Å².